The van der Waals surface area contributed by atoms with Crippen LogP contribution in [0.4, 0.5) is 0 Å². The van der Waals surface area contributed by atoms with Crippen molar-refractivity contribution >= 4 is 0 Å². The average Bonchev–Trinajstić information content (AvgIpc) is 2.74. The first-order valence-corrected chi connectivity index (χ1v) is 3.91. The highest BCUT2D eigenvalue weighted by Crippen LogP contribution is 2.01. The first-order valence-electron chi connectivity index (χ1n) is 3.91. The maximum atomic E-state index is 3.87. The van der Waals surface area contributed by atoms with Crippen LogP contribution in [0.1, 0.15) is 11.3 Å². The molecule has 0 aromatic carbocycles. The number of nitrogens with zero attached hydrogens (tertiary/aromatic N) is 2. The second-order valence-corrected chi connectivity index (χ2v) is 2.69. The molecule has 0 bridgehead atoms. The van der Waals surface area contributed by atoms with Crippen LogP contribution < -0.4 is 0 Å². The van der Waals surface area contributed by atoms with Crippen molar-refractivity contribution in [3.05, 3.63) is 35.9 Å². The zero-order chi connectivity index (χ0) is 8.23. The Morgan fingerprint density at radius 3 is 2.92 bits per heavy atom. The number of aryl methyl sites for hydroxylation is 2. The molecule has 0 fully saturated rings. The van der Waals surface area contributed by atoms with Crippen LogP contribution in [0, 0.1) is 0 Å². The lowest BCUT2D eigenvalue weighted by Crippen LogP contribution is -1.89. The lowest BCUT2D eigenvalue weighted by molar-refractivity contribution is 0.893. The quantitative estimate of drug-likeness (QED) is 0.705. The molecule has 4 nitrogen and oxygen atoms in total. The van der Waals surface area contributed by atoms with E-state index < -0.39 is 0 Å². The van der Waals surface area contributed by atoms with E-state index in [1.54, 1.807) is 6.20 Å². The third kappa shape index (κ3) is 1.53. The van der Waals surface area contributed by atoms with Gasteiger partial charge in [-0.25, -0.2) is 0 Å². The molecule has 0 saturated heterocycles. The fourth-order valence-electron chi connectivity index (χ4n) is 1.12. The molecule has 4 heteroatoms. The van der Waals surface area contributed by atoms with Crippen LogP contribution in [0.5, 0.6) is 0 Å². The minimum Gasteiger partial charge on any atom is -0.285 e. The third-order valence-electron chi connectivity index (χ3n) is 1.80. The summed E-state index contributed by atoms with van der Waals surface area (Å²) >= 11 is 0. The third-order valence-corrected chi connectivity index (χ3v) is 1.80. The molecular formula is C8H10N4. The molecule has 0 aliphatic heterocycles. The molecular weight excluding hydrogens is 152 g/mol. The SMILES string of the molecule is c1cc(CCc2cn[nH]c2)[nH]n1. The van der Waals surface area contributed by atoms with Gasteiger partial charge in [-0.1, -0.05) is 0 Å². The molecule has 12 heavy (non-hydrogen) atoms. The Labute approximate surface area is 70.0 Å². The van der Waals surface area contributed by atoms with E-state index in [2.05, 4.69) is 20.4 Å². The largest absolute Gasteiger partial charge is 0.285 e. The van der Waals surface area contributed by atoms with Crippen molar-refractivity contribution in [3.63, 3.8) is 0 Å². The molecule has 0 radical (unpaired) electrons. The molecule has 0 saturated carbocycles. The van der Waals surface area contributed by atoms with Crippen LogP contribution in [0.2, 0.25) is 0 Å². The predicted molar refractivity (Wildman–Crippen MR) is 44.6 cm³/mol. The normalized spacial score (nSPS) is 10.3. The van der Waals surface area contributed by atoms with Crippen LogP contribution in [0.3, 0.4) is 0 Å². The second kappa shape index (κ2) is 3.21. The fraction of sp³-hybridized carbons (Fsp3) is 0.250. The Bertz CT molecular complexity index is 274. The van der Waals surface area contributed by atoms with Gasteiger partial charge in [0.2, 0.25) is 0 Å². The highest BCUT2D eigenvalue weighted by atomic mass is 15.1. The van der Waals surface area contributed by atoms with Crippen LogP contribution in [-0.2, 0) is 12.8 Å². The van der Waals surface area contributed by atoms with Gasteiger partial charge in [-0.05, 0) is 24.5 Å². The Morgan fingerprint density at radius 2 is 2.25 bits per heavy atom. The van der Waals surface area contributed by atoms with Gasteiger partial charge < -0.3 is 0 Å². The van der Waals surface area contributed by atoms with Gasteiger partial charge in [0.15, 0.2) is 0 Å². The van der Waals surface area contributed by atoms with E-state index in [4.69, 9.17) is 0 Å². The number of rotatable bonds is 3. The molecule has 2 aromatic heterocycles. The van der Waals surface area contributed by atoms with Crippen molar-refractivity contribution in [2.75, 3.05) is 0 Å². The molecule has 0 unspecified atom stereocenters. The highest BCUT2D eigenvalue weighted by Gasteiger charge is 1.96. The van der Waals surface area contributed by atoms with Crippen molar-refractivity contribution in [1.82, 2.24) is 20.4 Å². The Balaban J connectivity index is 1.91. The lowest BCUT2D eigenvalue weighted by atomic mass is 10.1. The topological polar surface area (TPSA) is 57.4 Å². The summed E-state index contributed by atoms with van der Waals surface area (Å²) in [6, 6.07) is 1.99. The van der Waals surface area contributed by atoms with E-state index in [0.717, 1.165) is 18.5 Å². The van der Waals surface area contributed by atoms with Crippen LogP contribution >= 0.6 is 0 Å². The van der Waals surface area contributed by atoms with E-state index in [1.165, 1.54) is 5.56 Å². The fourth-order valence-corrected chi connectivity index (χ4v) is 1.12. The Hall–Kier alpha value is -1.58. The van der Waals surface area contributed by atoms with E-state index in [1.807, 2.05) is 18.5 Å². The van der Waals surface area contributed by atoms with Crippen molar-refractivity contribution in [1.29, 1.82) is 0 Å². The molecule has 2 heterocycles. The molecule has 0 spiro atoms. The summed E-state index contributed by atoms with van der Waals surface area (Å²) in [5.41, 5.74) is 2.39. The monoisotopic (exact) mass is 162 g/mol. The van der Waals surface area contributed by atoms with E-state index in [9.17, 15) is 0 Å². The van der Waals surface area contributed by atoms with Gasteiger partial charge in [0.1, 0.15) is 0 Å². The maximum Gasteiger partial charge on any atom is 0.0519 e. The van der Waals surface area contributed by atoms with Gasteiger partial charge in [0.25, 0.3) is 0 Å². The van der Waals surface area contributed by atoms with Gasteiger partial charge >= 0.3 is 0 Å². The van der Waals surface area contributed by atoms with Crippen molar-refractivity contribution in [2.45, 2.75) is 12.8 Å². The highest BCUT2D eigenvalue weighted by molar-refractivity contribution is 5.07. The molecule has 0 aliphatic carbocycles. The number of nitrogens with one attached hydrogen (secondary N) is 2. The summed E-state index contributed by atoms with van der Waals surface area (Å²) in [5, 5.41) is 13.4. The molecule has 2 rings (SSSR count). The van der Waals surface area contributed by atoms with Gasteiger partial charge in [0, 0.05) is 18.1 Å². The summed E-state index contributed by atoms with van der Waals surface area (Å²) in [6.07, 6.45) is 7.51. The summed E-state index contributed by atoms with van der Waals surface area (Å²) in [5.74, 6) is 0. The Kier molecular flexibility index (Phi) is 1.90. The van der Waals surface area contributed by atoms with E-state index >= 15 is 0 Å². The molecule has 62 valence electrons. The molecule has 0 aliphatic rings. The lowest BCUT2D eigenvalue weighted by Gasteiger charge is -1.92. The number of aromatic amines is 2. The number of hydrogen-bond donors (Lipinski definition) is 2. The number of hydrogen-bond acceptors (Lipinski definition) is 2. The van der Waals surface area contributed by atoms with Crippen molar-refractivity contribution < 1.29 is 0 Å². The zero-order valence-electron chi connectivity index (χ0n) is 6.62. The first-order chi connectivity index (χ1) is 5.95. The van der Waals surface area contributed by atoms with E-state index in [0.29, 0.717) is 0 Å². The van der Waals surface area contributed by atoms with Crippen molar-refractivity contribution in [3.8, 4) is 0 Å². The molecule has 2 N–H and O–H groups in total. The minimum atomic E-state index is 0.986. The van der Waals surface area contributed by atoms with Gasteiger partial charge in [-0.3, -0.25) is 10.2 Å². The predicted octanol–water partition coefficient (Wildman–Crippen LogP) is 0.918. The molecule has 2 aromatic rings. The van der Waals surface area contributed by atoms with Crippen molar-refractivity contribution in [2.24, 2.45) is 0 Å². The average molecular weight is 162 g/mol. The van der Waals surface area contributed by atoms with Crippen LogP contribution in [-0.4, -0.2) is 20.4 Å². The summed E-state index contributed by atoms with van der Waals surface area (Å²) in [7, 11) is 0. The minimum absolute atomic E-state index is 0.986. The summed E-state index contributed by atoms with van der Waals surface area (Å²) in [6.45, 7) is 0. The number of H-pyrrole nitrogens is 2. The Morgan fingerprint density at radius 1 is 1.25 bits per heavy atom. The second-order valence-electron chi connectivity index (χ2n) is 2.69. The molecule has 0 amide bonds. The number of aromatic nitrogens is 4. The van der Waals surface area contributed by atoms with Crippen LogP contribution in [0.15, 0.2) is 24.7 Å². The molecule has 0 atom stereocenters. The summed E-state index contributed by atoms with van der Waals surface area (Å²) in [4.78, 5) is 0. The van der Waals surface area contributed by atoms with Gasteiger partial charge in [-0.15, -0.1) is 0 Å². The standard InChI is InChI=1S/C8H10N4/c1(7-5-10-11-6-7)2-8-3-4-9-12-8/h3-6H,1-2H2,(H,9,12)(H,10,11). The van der Waals surface area contributed by atoms with Gasteiger partial charge in [-0.2, -0.15) is 10.2 Å². The van der Waals surface area contributed by atoms with Gasteiger partial charge in [0.05, 0.1) is 6.20 Å². The summed E-state index contributed by atoms with van der Waals surface area (Å²) < 4.78 is 0. The first kappa shape index (κ1) is 7.09. The zero-order valence-corrected chi connectivity index (χ0v) is 6.62. The smallest absolute Gasteiger partial charge is 0.0519 e. The van der Waals surface area contributed by atoms with E-state index in [-0.39, 0.29) is 0 Å². The van der Waals surface area contributed by atoms with Crippen LogP contribution in [0.25, 0.3) is 0 Å². The maximum absolute atomic E-state index is 3.87.